The van der Waals surface area contributed by atoms with Crippen LogP contribution >= 0.6 is 22.7 Å². The van der Waals surface area contributed by atoms with Crippen molar-refractivity contribution in [3.63, 3.8) is 0 Å². The minimum absolute atomic E-state index is 0.0560. The Morgan fingerprint density at radius 1 is 1.24 bits per heavy atom. The van der Waals surface area contributed by atoms with Gasteiger partial charge in [0, 0.05) is 15.7 Å². The van der Waals surface area contributed by atoms with Crippen LogP contribution in [0.15, 0.2) is 40.3 Å². The Labute approximate surface area is 155 Å². The summed E-state index contributed by atoms with van der Waals surface area (Å²) in [6, 6.07) is 7.89. The molecule has 3 aromatic heterocycles. The van der Waals surface area contributed by atoms with Crippen LogP contribution in [-0.2, 0) is 17.9 Å². The number of carbonyl (C=O) groups excluding carboxylic acids is 1. The van der Waals surface area contributed by atoms with Crippen LogP contribution in [0.25, 0.3) is 10.6 Å². The molecule has 0 unspecified atom stereocenters. The zero-order valence-corrected chi connectivity index (χ0v) is 16.1. The molecule has 132 valence electrons. The monoisotopic (exact) mass is 375 g/mol. The maximum absolute atomic E-state index is 12.0. The fourth-order valence-corrected chi connectivity index (χ4v) is 3.78. The number of aromatic nitrogens is 1. The Kier molecular flexibility index (Phi) is 5.24. The molecule has 1 amide bonds. The molecular weight excluding hydrogens is 354 g/mol. The lowest BCUT2D eigenvalue weighted by Gasteiger charge is -2.17. The molecule has 3 heterocycles. The first-order chi connectivity index (χ1) is 11.9. The third-order valence-electron chi connectivity index (χ3n) is 3.52. The van der Waals surface area contributed by atoms with Crippen molar-refractivity contribution in [3.05, 3.63) is 46.5 Å². The van der Waals surface area contributed by atoms with Gasteiger partial charge in [0.2, 0.25) is 5.91 Å². The maximum Gasteiger partial charge on any atom is 0.225 e. The van der Waals surface area contributed by atoms with Crippen LogP contribution in [0.3, 0.4) is 0 Å². The molecule has 0 atom stereocenters. The number of furan rings is 1. The van der Waals surface area contributed by atoms with Crippen molar-refractivity contribution in [1.82, 2.24) is 10.3 Å². The number of thiazole rings is 1. The van der Waals surface area contributed by atoms with E-state index in [0.717, 1.165) is 26.3 Å². The van der Waals surface area contributed by atoms with Gasteiger partial charge in [-0.1, -0.05) is 20.8 Å². The summed E-state index contributed by atoms with van der Waals surface area (Å²) in [5.74, 6) is 0.935. The molecule has 7 heteroatoms. The third kappa shape index (κ3) is 4.70. The summed E-state index contributed by atoms with van der Waals surface area (Å²) in [6.07, 6.45) is 1.66. The van der Waals surface area contributed by atoms with E-state index in [1.807, 2.05) is 44.4 Å². The van der Waals surface area contributed by atoms with Gasteiger partial charge in [0.15, 0.2) is 5.13 Å². The number of anilines is 1. The van der Waals surface area contributed by atoms with Crippen molar-refractivity contribution in [2.24, 2.45) is 5.41 Å². The predicted octanol–water partition coefficient (Wildman–Crippen LogP) is 4.74. The van der Waals surface area contributed by atoms with Gasteiger partial charge < -0.3 is 15.1 Å². The molecule has 3 rings (SSSR count). The van der Waals surface area contributed by atoms with Crippen LogP contribution in [0.4, 0.5) is 5.13 Å². The van der Waals surface area contributed by atoms with Crippen molar-refractivity contribution in [3.8, 4) is 10.6 Å². The smallest absolute Gasteiger partial charge is 0.225 e. The summed E-state index contributed by atoms with van der Waals surface area (Å²) in [5.41, 5.74) is 0.578. The third-order valence-corrected chi connectivity index (χ3v) is 5.42. The van der Waals surface area contributed by atoms with Gasteiger partial charge in [-0.05, 0) is 24.3 Å². The Bertz CT molecular complexity index is 829. The number of nitrogens with one attached hydrogen (secondary N) is 2. The molecule has 25 heavy (non-hydrogen) atoms. The molecule has 0 saturated carbocycles. The van der Waals surface area contributed by atoms with E-state index in [1.165, 1.54) is 0 Å². The maximum atomic E-state index is 12.0. The lowest BCUT2D eigenvalue weighted by molar-refractivity contribution is -0.128. The fourth-order valence-electron chi connectivity index (χ4n) is 2.09. The van der Waals surface area contributed by atoms with Gasteiger partial charge in [-0.3, -0.25) is 4.79 Å². The molecule has 0 spiro atoms. The average Bonchev–Trinajstić information content (AvgIpc) is 3.29. The van der Waals surface area contributed by atoms with E-state index in [2.05, 4.69) is 21.7 Å². The molecule has 0 radical (unpaired) electrons. The summed E-state index contributed by atoms with van der Waals surface area (Å²) >= 11 is 3.22. The first-order valence-electron chi connectivity index (χ1n) is 8.01. The van der Waals surface area contributed by atoms with Crippen molar-refractivity contribution in [1.29, 1.82) is 0 Å². The zero-order chi connectivity index (χ0) is 17.9. The highest BCUT2D eigenvalue weighted by molar-refractivity contribution is 7.17. The second kappa shape index (κ2) is 7.41. The highest BCUT2D eigenvalue weighted by Crippen LogP contribution is 2.31. The average molecular weight is 376 g/mol. The van der Waals surface area contributed by atoms with Crippen LogP contribution in [0, 0.1) is 5.41 Å². The summed E-state index contributed by atoms with van der Waals surface area (Å²) < 4.78 is 5.30. The lowest BCUT2D eigenvalue weighted by Crippen LogP contribution is -2.34. The molecule has 0 aliphatic rings. The molecule has 3 aromatic rings. The quantitative estimate of drug-likeness (QED) is 0.653. The Morgan fingerprint density at radius 2 is 2.08 bits per heavy atom. The Balaban J connectivity index is 1.58. The minimum atomic E-state index is -0.371. The molecule has 0 fully saturated rings. The molecule has 0 aliphatic heterocycles. The molecular formula is C18H21N3O2S2. The van der Waals surface area contributed by atoms with E-state index in [9.17, 15) is 4.79 Å². The number of rotatable bonds is 6. The number of hydrogen-bond donors (Lipinski definition) is 2. The summed E-state index contributed by atoms with van der Waals surface area (Å²) in [6.45, 7) is 6.90. The number of nitrogens with zero attached hydrogens (tertiary/aromatic N) is 1. The Hall–Kier alpha value is -2.12. The normalized spacial score (nSPS) is 11.5. The van der Waals surface area contributed by atoms with Crippen LogP contribution < -0.4 is 10.6 Å². The topological polar surface area (TPSA) is 67.2 Å². The van der Waals surface area contributed by atoms with Gasteiger partial charge >= 0.3 is 0 Å². The largest absolute Gasteiger partial charge is 0.467 e. The fraction of sp³-hybridized carbons (Fsp3) is 0.333. The number of amides is 1. The summed E-state index contributed by atoms with van der Waals surface area (Å²) in [5, 5.41) is 9.14. The van der Waals surface area contributed by atoms with Crippen molar-refractivity contribution < 1.29 is 9.21 Å². The second-order valence-electron chi connectivity index (χ2n) is 6.67. The van der Waals surface area contributed by atoms with Crippen molar-refractivity contribution in [2.75, 3.05) is 5.32 Å². The SMILES string of the molecule is CC(C)(C)C(=O)NCc1ccc(-c2csc(NCc3ccco3)n2)s1. The van der Waals surface area contributed by atoms with Gasteiger partial charge in [-0.15, -0.1) is 22.7 Å². The van der Waals surface area contributed by atoms with Crippen LogP contribution in [0.5, 0.6) is 0 Å². The van der Waals surface area contributed by atoms with E-state index < -0.39 is 0 Å². The molecule has 0 aliphatic carbocycles. The molecule has 0 bridgehead atoms. The molecule has 2 N–H and O–H groups in total. The van der Waals surface area contributed by atoms with E-state index in [4.69, 9.17) is 4.42 Å². The zero-order valence-electron chi connectivity index (χ0n) is 14.5. The van der Waals surface area contributed by atoms with E-state index in [-0.39, 0.29) is 11.3 Å². The van der Waals surface area contributed by atoms with Gasteiger partial charge in [-0.25, -0.2) is 4.98 Å². The highest BCUT2D eigenvalue weighted by atomic mass is 32.1. The lowest BCUT2D eigenvalue weighted by atomic mass is 9.96. The van der Waals surface area contributed by atoms with E-state index in [0.29, 0.717) is 13.1 Å². The summed E-state index contributed by atoms with van der Waals surface area (Å²) in [7, 11) is 0. The van der Waals surface area contributed by atoms with Crippen molar-refractivity contribution >= 4 is 33.7 Å². The minimum Gasteiger partial charge on any atom is -0.467 e. The molecule has 0 saturated heterocycles. The van der Waals surface area contributed by atoms with Gasteiger partial charge in [-0.2, -0.15) is 0 Å². The predicted molar refractivity (Wildman–Crippen MR) is 103 cm³/mol. The second-order valence-corrected chi connectivity index (χ2v) is 8.70. The first kappa shape index (κ1) is 17.7. The van der Waals surface area contributed by atoms with Gasteiger partial charge in [0.05, 0.1) is 29.9 Å². The number of hydrogen-bond acceptors (Lipinski definition) is 6. The van der Waals surface area contributed by atoms with E-state index >= 15 is 0 Å². The van der Waals surface area contributed by atoms with Gasteiger partial charge in [0.25, 0.3) is 0 Å². The van der Waals surface area contributed by atoms with Gasteiger partial charge in [0.1, 0.15) is 5.76 Å². The van der Waals surface area contributed by atoms with Crippen molar-refractivity contribution in [2.45, 2.75) is 33.9 Å². The number of carbonyl (C=O) groups is 1. The Morgan fingerprint density at radius 3 is 2.80 bits per heavy atom. The molecule has 5 nitrogen and oxygen atoms in total. The highest BCUT2D eigenvalue weighted by Gasteiger charge is 2.20. The van der Waals surface area contributed by atoms with E-state index in [1.54, 1.807) is 28.9 Å². The van der Waals surface area contributed by atoms with Crippen LogP contribution in [0.2, 0.25) is 0 Å². The standard InChI is InChI=1S/C18H21N3O2S2/c1-18(2,3)16(22)19-10-13-6-7-15(25-13)14-11-24-17(21-14)20-9-12-5-4-8-23-12/h4-8,11H,9-10H2,1-3H3,(H,19,22)(H,20,21). The van der Waals surface area contributed by atoms with Crippen LogP contribution in [-0.4, -0.2) is 10.9 Å². The molecule has 0 aromatic carbocycles. The number of thiophene rings is 1. The first-order valence-corrected chi connectivity index (χ1v) is 9.70. The summed E-state index contributed by atoms with van der Waals surface area (Å²) in [4.78, 5) is 18.8. The van der Waals surface area contributed by atoms with Crippen LogP contribution in [0.1, 0.15) is 31.4 Å².